The van der Waals surface area contributed by atoms with E-state index in [1.165, 1.54) is 0 Å². The Labute approximate surface area is 109 Å². The Morgan fingerprint density at radius 1 is 1.05 bits per heavy atom. The number of ketones is 1. The molecule has 1 fully saturated rings. The van der Waals surface area contributed by atoms with E-state index in [4.69, 9.17) is 0 Å². The second kappa shape index (κ2) is 4.24. The van der Waals surface area contributed by atoms with Gasteiger partial charge in [0.15, 0.2) is 5.78 Å². The molecule has 94 valence electrons. The quantitative estimate of drug-likeness (QED) is 0.462. The van der Waals surface area contributed by atoms with Crippen LogP contribution in [0, 0.1) is 0 Å². The van der Waals surface area contributed by atoms with Crippen molar-refractivity contribution in [2.24, 2.45) is 0 Å². The third kappa shape index (κ3) is 1.78. The fourth-order valence-electron chi connectivity index (χ4n) is 2.27. The van der Waals surface area contributed by atoms with Gasteiger partial charge in [-0.3, -0.25) is 9.59 Å². The van der Waals surface area contributed by atoms with E-state index < -0.39 is 5.91 Å². The van der Waals surface area contributed by atoms with Crippen LogP contribution in [0.25, 0.3) is 16.5 Å². The lowest BCUT2D eigenvalue weighted by Gasteiger charge is -2.07. The molecule has 0 unspecified atom stereocenters. The van der Waals surface area contributed by atoms with Crippen LogP contribution in [-0.2, 0) is 9.59 Å². The standard InChI is InChI=1S/C15H11NO3/c17-12-8-16-15(19)13(12)14(18)11-7-3-5-9-4-1-2-6-10(9)11/h1-7,18H,8H2,(H,16,19)/b14-13-. The maximum absolute atomic E-state index is 11.6. The first-order valence-corrected chi connectivity index (χ1v) is 5.91. The van der Waals surface area contributed by atoms with Gasteiger partial charge in [0, 0.05) is 5.56 Å². The van der Waals surface area contributed by atoms with Crippen molar-refractivity contribution >= 4 is 28.2 Å². The number of carbonyl (C=O) groups is 2. The predicted molar refractivity (Wildman–Crippen MR) is 71.5 cm³/mol. The summed E-state index contributed by atoms with van der Waals surface area (Å²) in [7, 11) is 0. The summed E-state index contributed by atoms with van der Waals surface area (Å²) in [5.74, 6) is -1.15. The fourth-order valence-corrected chi connectivity index (χ4v) is 2.27. The Bertz CT molecular complexity index is 708. The minimum absolute atomic E-state index is 0.0526. The number of aliphatic hydroxyl groups is 1. The molecule has 2 aromatic carbocycles. The molecule has 0 aliphatic carbocycles. The smallest absolute Gasteiger partial charge is 0.259 e. The molecular formula is C15H11NO3. The van der Waals surface area contributed by atoms with Gasteiger partial charge in [0.2, 0.25) is 0 Å². The number of carbonyl (C=O) groups excluding carboxylic acids is 2. The molecule has 0 spiro atoms. The Balaban J connectivity index is 2.28. The van der Waals surface area contributed by atoms with Crippen molar-refractivity contribution in [1.29, 1.82) is 0 Å². The number of aliphatic hydroxyl groups excluding tert-OH is 1. The highest BCUT2D eigenvalue weighted by Crippen LogP contribution is 2.26. The van der Waals surface area contributed by atoms with Crippen molar-refractivity contribution in [3.05, 3.63) is 53.6 Å². The number of hydrogen-bond donors (Lipinski definition) is 2. The lowest BCUT2D eigenvalue weighted by atomic mass is 10.00. The largest absolute Gasteiger partial charge is 0.506 e. The Hall–Kier alpha value is -2.62. The van der Waals surface area contributed by atoms with E-state index in [1.54, 1.807) is 12.1 Å². The first kappa shape index (κ1) is 11.5. The van der Waals surface area contributed by atoms with Gasteiger partial charge in [-0.05, 0) is 10.8 Å². The predicted octanol–water partition coefficient (Wildman–Crippen LogP) is 1.81. The summed E-state index contributed by atoms with van der Waals surface area (Å²) < 4.78 is 0. The molecule has 1 aliphatic heterocycles. The summed E-state index contributed by atoms with van der Waals surface area (Å²) in [6.45, 7) is -0.0526. The van der Waals surface area contributed by atoms with Gasteiger partial charge in [-0.15, -0.1) is 0 Å². The average Bonchev–Trinajstić information content (AvgIpc) is 2.77. The van der Waals surface area contributed by atoms with Crippen LogP contribution in [-0.4, -0.2) is 23.3 Å². The molecule has 0 saturated carbocycles. The van der Waals surface area contributed by atoms with Crippen LogP contribution in [0.3, 0.4) is 0 Å². The Kier molecular flexibility index (Phi) is 2.56. The molecule has 1 aliphatic rings. The molecule has 19 heavy (non-hydrogen) atoms. The van der Waals surface area contributed by atoms with Crippen LogP contribution < -0.4 is 5.32 Å². The van der Waals surface area contributed by atoms with Crippen molar-refractivity contribution in [2.75, 3.05) is 6.54 Å². The van der Waals surface area contributed by atoms with Gasteiger partial charge in [0.1, 0.15) is 11.3 Å². The first-order chi connectivity index (χ1) is 9.18. The zero-order chi connectivity index (χ0) is 13.4. The summed E-state index contributed by atoms with van der Waals surface area (Å²) in [6, 6.07) is 12.9. The Morgan fingerprint density at radius 3 is 2.53 bits per heavy atom. The molecule has 4 nitrogen and oxygen atoms in total. The normalized spacial score (nSPS) is 17.7. The minimum Gasteiger partial charge on any atom is -0.506 e. The molecule has 0 bridgehead atoms. The lowest BCUT2D eigenvalue weighted by molar-refractivity contribution is -0.117. The van der Waals surface area contributed by atoms with Gasteiger partial charge in [-0.1, -0.05) is 42.5 Å². The summed E-state index contributed by atoms with van der Waals surface area (Å²) in [4.78, 5) is 23.2. The van der Waals surface area contributed by atoms with Crippen molar-refractivity contribution in [1.82, 2.24) is 5.32 Å². The van der Waals surface area contributed by atoms with Crippen molar-refractivity contribution in [3.63, 3.8) is 0 Å². The molecule has 0 aromatic heterocycles. The van der Waals surface area contributed by atoms with E-state index in [0.717, 1.165) is 10.8 Å². The molecule has 0 atom stereocenters. The molecule has 2 aromatic rings. The lowest BCUT2D eigenvalue weighted by Crippen LogP contribution is -2.15. The van der Waals surface area contributed by atoms with Crippen LogP contribution in [0.15, 0.2) is 48.0 Å². The summed E-state index contributed by atoms with van der Waals surface area (Å²) >= 11 is 0. The third-order valence-corrected chi connectivity index (χ3v) is 3.20. The number of amides is 1. The number of nitrogens with one attached hydrogen (secondary N) is 1. The number of benzene rings is 2. The van der Waals surface area contributed by atoms with Crippen LogP contribution in [0.4, 0.5) is 0 Å². The second-order valence-corrected chi connectivity index (χ2v) is 4.36. The zero-order valence-corrected chi connectivity index (χ0v) is 10.0. The zero-order valence-electron chi connectivity index (χ0n) is 10.0. The number of Topliss-reactive ketones (excluding diaryl/α,β-unsaturated/α-hetero) is 1. The summed E-state index contributed by atoms with van der Waals surface area (Å²) in [5, 5.41) is 14.4. The van der Waals surface area contributed by atoms with E-state index in [1.807, 2.05) is 30.3 Å². The highest BCUT2D eigenvalue weighted by Gasteiger charge is 2.30. The summed E-state index contributed by atoms with van der Waals surface area (Å²) in [6.07, 6.45) is 0. The maximum Gasteiger partial charge on any atom is 0.259 e. The number of fused-ring (bicyclic) bond motifs is 1. The molecule has 3 rings (SSSR count). The van der Waals surface area contributed by atoms with E-state index >= 15 is 0 Å². The van der Waals surface area contributed by atoms with Gasteiger partial charge >= 0.3 is 0 Å². The third-order valence-electron chi connectivity index (χ3n) is 3.20. The maximum atomic E-state index is 11.6. The number of rotatable bonds is 1. The van der Waals surface area contributed by atoms with Gasteiger partial charge in [-0.2, -0.15) is 0 Å². The Morgan fingerprint density at radius 2 is 1.79 bits per heavy atom. The highest BCUT2D eigenvalue weighted by molar-refractivity contribution is 6.29. The van der Waals surface area contributed by atoms with Gasteiger partial charge in [-0.25, -0.2) is 0 Å². The SMILES string of the molecule is O=C1CNC(=O)/C1=C(\O)c1cccc2ccccc12. The van der Waals surface area contributed by atoms with Crippen molar-refractivity contribution in [3.8, 4) is 0 Å². The van der Waals surface area contributed by atoms with Crippen LogP contribution >= 0.6 is 0 Å². The average molecular weight is 253 g/mol. The molecule has 2 N–H and O–H groups in total. The van der Waals surface area contributed by atoms with Gasteiger partial charge in [0.05, 0.1) is 6.54 Å². The summed E-state index contributed by atoms with van der Waals surface area (Å²) in [5.41, 5.74) is 0.342. The van der Waals surface area contributed by atoms with E-state index in [2.05, 4.69) is 5.32 Å². The molecule has 1 amide bonds. The van der Waals surface area contributed by atoms with Crippen LogP contribution in [0.1, 0.15) is 5.56 Å². The molecule has 1 heterocycles. The van der Waals surface area contributed by atoms with E-state index in [-0.39, 0.29) is 23.7 Å². The van der Waals surface area contributed by atoms with Crippen LogP contribution in [0.2, 0.25) is 0 Å². The van der Waals surface area contributed by atoms with E-state index in [9.17, 15) is 14.7 Å². The highest BCUT2D eigenvalue weighted by atomic mass is 16.3. The second-order valence-electron chi connectivity index (χ2n) is 4.36. The molecule has 1 saturated heterocycles. The molecular weight excluding hydrogens is 242 g/mol. The first-order valence-electron chi connectivity index (χ1n) is 5.91. The minimum atomic E-state index is -0.518. The van der Waals surface area contributed by atoms with E-state index in [0.29, 0.717) is 5.56 Å². The topological polar surface area (TPSA) is 66.4 Å². The monoisotopic (exact) mass is 253 g/mol. The van der Waals surface area contributed by atoms with Crippen molar-refractivity contribution in [2.45, 2.75) is 0 Å². The van der Waals surface area contributed by atoms with Gasteiger partial charge in [0.25, 0.3) is 5.91 Å². The molecule has 4 heteroatoms. The van der Waals surface area contributed by atoms with Crippen molar-refractivity contribution < 1.29 is 14.7 Å². The van der Waals surface area contributed by atoms with Gasteiger partial charge < -0.3 is 10.4 Å². The fraction of sp³-hybridized carbons (Fsp3) is 0.0667. The number of hydrogen-bond acceptors (Lipinski definition) is 3. The van der Waals surface area contributed by atoms with Crippen LogP contribution in [0.5, 0.6) is 0 Å². The molecule has 0 radical (unpaired) electrons.